The summed E-state index contributed by atoms with van der Waals surface area (Å²) in [4.78, 5) is 0. The normalized spacial score (nSPS) is 14.3. The van der Waals surface area contributed by atoms with E-state index in [0.717, 1.165) is 12.4 Å². The average Bonchev–Trinajstić information content (AvgIpc) is 2.23. The molecule has 0 aliphatic carbocycles. The topological polar surface area (TPSA) is 9.23 Å². The molecule has 1 aliphatic rings. The Hall–Kier alpha value is 0.950. The zero-order chi connectivity index (χ0) is 11.2. The van der Waals surface area contributed by atoms with Crippen LogP contribution >= 0.6 is 67.8 Å². The van der Waals surface area contributed by atoms with Crippen molar-refractivity contribution >= 4 is 73.8 Å². The molecule has 15 heavy (non-hydrogen) atoms. The second-order valence-corrected chi connectivity index (χ2v) is 6.83. The molecule has 4 heteroatoms. The van der Waals surface area contributed by atoms with E-state index >= 15 is 0 Å². The molecule has 0 fully saturated rings. The third-order valence-corrected chi connectivity index (χ3v) is 7.17. The fourth-order valence-corrected chi connectivity index (χ4v) is 4.11. The van der Waals surface area contributed by atoms with Gasteiger partial charge in [-0.15, -0.1) is 0 Å². The van der Waals surface area contributed by atoms with Crippen molar-refractivity contribution in [3.05, 3.63) is 27.4 Å². The first-order chi connectivity index (χ1) is 7.02. The highest BCUT2D eigenvalue weighted by atomic mass is 127. The molecule has 0 unspecified atom stereocenters. The molecule has 0 saturated heterocycles. The van der Waals surface area contributed by atoms with Crippen LogP contribution in [-0.2, 0) is 0 Å². The lowest BCUT2D eigenvalue weighted by atomic mass is 10.1. The molecule has 0 amide bonds. The Balaban J connectivity index is 2.78. The van der Waals surface area contributed by atoms with Crippen LogP contribution in [0, 0.1) is 17.6 Å². The molecule has 1 aromatic rings. The first kappa shape index (κ1) is 12.4. The third kappa shape index (κ3) is 2.18. The molecule has 0 radical (unpaired) electrons. The van der Waals surface area contributed by atoms with E-state index in [4.69, 9.17) is 4.74 Å². The Kier molecular flexibility index (Phi) is 3.87. The minimum absolute atomic E-state index is 0.721. The number of hydrogen-bond acceptors (Lipinski definition) is 1. The van der Waals surface area contributed by atoms with Gasteiger partial charge in [-0.2, -0.15) is 0 Å². The summed E-state index contributed by atoms with van der Waals surface area (Å²) < 4.78 is 9.69. The quantitative estimate of drug-likeness (QED) is 0.347. The lowest BCUT2D eigenvalue weighted by Gasteiger charge is -2.21. The van der Waals surface area contributed by atoms with Gasteiger partial charge in [0.25, 0.3) is 0 Å². The van der Waals surface area contributed by atoms with E-state index < -0.39 is 0 Å². The molecule has 80 valence electrons. The number of ether oxygens (including phenoxy) is 1. The third-order valence-electron chi connectivity index (χ3n) is 2.37. The molecule has 0 atom stereocenters. The van der Waals surface area contributed by atoms with E-state index in [0.29, 0.717) is 0 Å². The minimum atomic E-state index is 0.721. The van der Waals surface area contributed by atoms with Crippen LogP contribution in [0.3, 0.4) is 0 Å². The lowest BCUT2D eigenvalue weighted by molar-refractivity contribution is 0.344. The molecular formula is C11H9I3O. The summed E-state index contributed by atoms with van der Waals surface area (Å²) in [7, 11) is 0. The standard InChI is InChI=1S/C11H9I3O/c1-5-3-7-10(14)8(12)6(2)9(13)11(7)15-4-5/h3H,4H2,1-2H3. The maximum absolute atomic E-state index is 5.80. The second kappa shape index (κ2) is 4.67. The molecule has 0 saturated carbocycles. The van der Waals surface area contributed by atoms with Crippen LogP contribution in [0.1, 0.15) is 18.1 Å². The average molecular weight is 538 g/mol. The highest BCUT2D eigenvalue weighted by molar-refractivity contribution is 14.1. The van der Waals surface area contributed by atoms with Crippen LogP contribution < -0.4 is 4.74 Å². The van der Waals surface area contributed by atoms with Gasteiger partial charge >= 0.3 is 0 Å². The maximum atomic E-state index is 5.80. The van der Waals surface area contributed by atoms with Gasteiger partial charge in [-0.3, -0.25) is 0 Å². The summed E-state index contributed by atoms with van der Waals surface area (Å²) >= 11 is 7.19. The van der Waals surface area contributed by atoms with E-state index in [2.05, 4.69) is 87.7 Å². The van der Waals surface area contributed by atoms with Gasteiger partial charge in [0.2, 0.25) is 0 Å². The Morgan fingerprint density at radius 1 is 1.07 bits per heavy atom. The zero-order valence-corrected chi connectivity index (χ0v) is 14.8. The van der Waals surface area contributed by atoms with Crippen LogP contribution in [0.25, 0.3) is 6.08 Å². The molecular weight excluding hydrogens is 529 g/mol. The van der Waals surface area contributed by atoms with Crippen molar-refractivity contribution in [2.75, 3.05) is 6.61 Å². The Morgan fingerprint density at radius 2 is 1.73 bits per heavy atom. The van der Waals surface area contributed by atoms with Gasteiger partial charge < -0.3 is 4.74 Å². The largest absolute Gasteiger partial charge is 0.487 e. The molecule has 1 heterocycles. The van der Waals surface area contributed by atoms with Gasteiger partial charge in [-0.1, -0.05) is 0 Å². The molecule has 0 N–H and O–H groups in total. The van der Waals surface area contributed by atoms with Crippen molar-refractivity contribution in [2.45, 2.75) is 13.8 Å². The number of hydrogen-bond donors (Lipinski definition) is 0. The summed E-state index contributed by atoms with van der Waals surface area (Å²) in [5.74, 6) is 1.06. The number of rotatable bonds is 0. The SMILES string of the molecule is CC1=Cc2c(I)c(I)c(C)c(I)c2OC1. The first-order valence-electron chi connectivity index (χ1n) is 4.49. The van der Waals surface area contributed by atoms with Crippen LogP contribution in [0.5, 0.6) is 5.75 Å². The summed E-state index contributed by atoms with van der Waals surface area (Å²) in [6.45, 7) is 4.98. The summed E-state index contributed by atoms with van der Waals surface area (Å²) in [6, 6.07) is 0. The van der Waals surface area contributed by atoms with E-state index in [9.17, 15) is 0 Å². The van der Waals surface area contributed by atoms with Gasteiger partial charge in [-0.25, -0.2) is 0 Å². The summed E-state index contributed by atoms with van der Waals surface area (Å²) in [5.41, 5.74) is 3.86. The molecule has 1 aromatic carbocycles. The van der Waals surface area contributed by atoms with Gasteiger partial charge in [0.1, 0.15) is 12.4 Å². The fourth-order valence-electron chi connectivity index (χ4n) is 1.51. The molecule has 0 spiro atoms. The van der Waals surface area contributed by atoms with E-state index in [-0.39, 0.29) is 0 Å². The van der Waals surface area contributed by atoms with Crippen molar-refractivity contribution < 1.29 is 4.74 Å². The van der Waals surface area contributed by atoms with Gasteiger partial charge in [0, 0.05) is 12.7 Å². The van der Waals surface area contributed by atoms with E-state index in [1.807, 2.05) is 0 Å². The van der Waals surface area contributed by atoms with Crippen LogP contribution in [0.2, 0.25) is 0 Å². The van der Waals surface area contributed by atoms with Gasteiger partial charge in [0.05, 0.1) is 3.57 Å². The smallest absolute Gasteiger partial charge is 0.141 e. The Labute approximate surface area is 130 Å². The fraction of sp³-hybridized carbons (Fsp3) is 0.273. The summed E-state index contributed by atoms with van der Waals surface area (Å²) in [5, 5.41) is 0. The minimum Gasteiger partial charge on any atom is -0.487 e. The van der Waals surface area contributed by atoms with Crippen LogP contribution in [-0.4, -0.2) is 6.61 Å². The maximum Gasteiger partial charge on any atom is 0.141 e. The highest BCUT2D eigenvalue weighted by Gasteiger charge is 2.20. The summed E-state index contributed by atoms with van der Waals surface area (Å²) in [6.07, 6.45) is 2.24. The van der Waals surface area contributed by atoms with Crippen molar-refractivity contribution in [1.29, 1.82) is 0 Å². The molecule has 2 rings (SSSR count). The number of fused-ring (bicyclic) bond motifs is 1. The predicted molar refractivity (Wildman–Crippen MR) is 88.5 cm³/mol. The number of benzene rings is 1. The predicted octanol–water partition coefficient (Wildman–Crippen LogP) is 4.60. The van der Waals surface area contributed by atoms with Crippen LogP contribution in [0.4, 0.5) is 0 Å². The lowest BCUT2D eigenvalue weighted by Crippen LogP contribution is -2.10. The zero-order valence-electron chi connectivity index (χ0n) is 8.33. The Morgan fingerprint density at radius 3 is 2.40 bits per heavy atom. The van der Waals surface area contributed by atoms with E-state index in [1.165, 1.54) is 27.4 Å². The van der Waals surface area contributed by atoms with E-state index in [1.54, 1.807) is 0 Å². The number of halogens is 3. The van der Waals surface area contributed by atoms with Crippen molar-refractivity contribution in [3.63, 3.8) is 0 Å². The molecule has 0 bridgehead atoms. The first-order valence-corrected chi connectivity index (χ1v) is 7.73. The molecule has 1 nitrogen and oxygen atoms in total. The Bertz CT molecular complexity index is 464. The van der Waals surface area contributed by atoms with Gasteiger partial charge in [-0.05, 0) is 98.8 Å². The monoisotopic (exact) mass is 538 g/mol. The van der Waals surface area contributed by atoms with Crippen molar-refractivity contribution in [1.82, 2.24) is 0 Å². The highest BCUT2D eigenvalue weighted by Crippen LogP contribution is 2.39. The van der Waals surface area contributed by atoms with Crippen molar-refractivity contribution in [2.24, 2.45) is 0 Å². The van der Waals surface area contributed by atoms with Crippen molar-refractivity contribution in [3.8, 4) is 5.75 Å². The molecule has 0 aromatic heterocycles. The van der Waals surface area contributed by atoms with Crippen LogP contribution in [0.15, 0.2) is 5.57 Å². The second-order valence-electron chi connectivity index (χ2n) is 3.59. The van der Waals surface area contributed by atoms with Gasteiger partial charge in [0.15, 0.2) is 0 Å². The molecule has 1 aliphatic heterocycles.